The number of nitrogens with zero attached hydrogens (tertiary/aromatic N) is 2. The molecular weight excluding hydrogens is 322 g/mol. The monoisotopic (exact) mass is 347 g/mol. The van der Waals surface area contributed by atoms with Crippen molar-refractivity contribution in [1.29, 1.82) is 0 Å². The fraction of sp³-hybridized carbons (Fsp3) is 0.273. The number of aromatic nitrogens is 2. The second-order valence-corrected chi connectivity index (χ2v) is 6.60. The molecule has 0 saturated heterocycles. The van der Waals surface area contributed by atoms with E-state index in [2.05, 4.69) is 17.3 Å². The van der Waals surface area contributed by atoms with Gasteiger partial charge in [-0.3, -0.25) is 4.79 Å². The van der Waals surface area contributed by atoms with Gasteiger partial charge in [-0.05, 0) is 50.5 Å². The molecule has 2 aromatic carbocycles. The summed E-state index contributed by atoms with van der Waals surface area (Å²) in [6, 6.07) is 20.1. The van der Waals surface area contributed by atoms with Crippen molar-refractivity contribution in [3.63, 3.8) is 0 Å². The predicted octanol–water partition coefficient (Wildman–Crippen LogP) is 4.30. The minimum absolute atomic E-state index is 0.0120. The molecule has 0 aliphatic rings. The highest BCUT2D eigenvalue weighted by Gasteiger charge is 2.15. The lowest BCUT2D eigenvalue weighted by Crippen LogP contribution is -2.26. The molecule has 1 amide bonds. The topological polar surface area (TPSA) is 46.9 Å². The Bertz CT molecular complexity index is 869. The molecule has 1 N–H and O–H groups in total. The van der Waals surface area contributed by atoms with Crippen LogP contribution in [0.25, 0.3) is 5.69 Å². The molecule has 1 aromatic heterocycles. The first-order chi connectivity index (χ1) is 12.6. The summed E-state index contributed by atoms with van der Waals surface area (Å²) in [5, 5.41) is 7.73. The molecule has 1 unspecified atom stereocenters. The number of para-hydroxylation sites is 1. The van der Waals surface area contributed by atoms with E-state index in [0.717, 1.165) is 28.2 Å². The Labute approximate surface area is 154 Å². The summed E-state index contributed by atoms with van der Waals surface area (Å²) < 4.78 is 1.95. The average Bonchev–Trinajstić information content (AvgIpc) is 2.95. The molecule has 3 rings (SSSR count). The number of hydrogen-bond acceptors (Lipinski definition) is 2. The molecule has 0 aliphatic carbocycles. The number of carbonyl (C=O) groups excluding carboxylic acids is 1. The van der Waals surface area contributed by atoms with E-state index in [1.54, 1.807) is 0 Å². The van der Waals surface area contributed by atoms with Crippen molar-refractivity contribution < 1.29 is 4.79 Å². The molecule has 4 heteroatoms. The van der Waals surface area contributed by atoms with Crippen molar-refractivity contribution in [3.8, 4) is 5.69 Å². The van der Waals surface area contributed by atoms with Gasteiger partial charge in [0.05, 0.1) is 17.4 Å². The van der Waals surface area contributed by atoms with Gasteiger partial charge in [0.25, 0.3) is 0 Å². The molecule has 0 saturated carbocycles. The molecular formula is C22H25N3O. The van der Waals surface area contributed by atoms with Gasteiger partial charge in [0, 0.05) is 12.1 Å². The molecule has 0 aliphatic heterocycles. The van der Waals surface area contributed by atoms with Crippen LogP contribution in [0.1, 0.15) is 41.9 Å². The second kappa shape index (κ2) is 8.00. The van der Waals surface area contributed by atoms with Gasteiger partial charge in [-0.1, -0.05) is 48.5 Å². The zero-order valence-electron chi connectivity index (χ0n) is 15.6. The highest BCUT2D eigenvalue weighted by molar-refractivity contribution is 5.76. The van der Waals surface area contributed by atoms with Gasteiger partial charge in [-0.25, -0.2) is 4.68 Å². The van der Waals surface area contributed by atoms with Crippen LogP contribution in [0, 0.1) is 13.8 Å². The second-order valence-electron chi connectivity index (χ2n) is 6.60. The summed E-state index contributed by atoms with van der Waals surface area (Å²) in [4.78, 5) is 12.4. The third-order valence-corrected chi connectivity index (χ3v) is 4.72. The van der Waals surface area contributed by atoms with E-state index in [1.807, 2.05) is 79.2 Å². The lowest BCUT2D eigenvalue weighted by atomic mass is 10.1. The number of nitrogens with one attached hydrogen (secondary N) is 1. The molecule has 26 heavy (non-hydrogen) atoms. The van der Waals surface area contributed by atoms with E-state index in [-0.39, 0.29) is 11.9 Å². The zero-order chi connectivity index (χ0) is 18.5. The van der Waals surface area contributed by atoms with Gasteiger partial charge in [0.2, 0.25) is 5.91 Å². The minimum Gasteiger partial charge on any atom is -0.350 e. The maximum Gasteiger partial charge on any atom is 0.220 e. The first kappa shape index (κ1) is 17.9. The van der Waals surface area contributed by atoms with Crippen molar-refractivity contribution in [1.82, 2.24) is 15.1 Å². The van der Waals surface area contributed by atoms with E-state index >= 15 is 0 Å². The lowest BCUT2D eigenvalue weighted by molar-refractivity contribution is -0.121. The van der Waals surface area contributed by atoms with Crippen molar-refractivity contribution in [3.05, 3.63) is 83.2 Å². The molecule has 1 atom stereocenters. The van der Waals surface area contributed by atoms with Crippen LogP contribution in [0.5, 0.6) is 0 Å². The van der Waals surface area contributed by atoms with Crippen LogP contribution in [-0.2, 0) is 11.2 Å². The zero-order valence-corrected chi connectivity index (χ0v) is 15.6. The van der Waals surface area contributed by atoms with Crippen LogP contribution in [0.3, 0.4) is 0 Å². The maximum absolute atomic E-state index is 12.4. The molecule has 1 heterocycles. The Kier molecular flexibility index (Phi) is 5.52. The quantitative estimate of drug-likeness (QED) is 0.723. The van der Waals surface area contributed by atoms with E-state index in [0.29, 0.717) is 12.8 Å². The molecule has 0 spiro atoms. The largest absolute Gasteiger partial charge is 0.350 e. The number of amides is 1. The number of benzene rings is 2. The van der Waals surface area contributed by atoms with Crippen LogP contribution in [0.4, 0.5) is 0 Å². The standard InChI is InChI=1S/C22H25N3O/c1-16(19-10-6-4-7-11-19)23-22(26)15-14-21-17(2)24-25(18(21)3)20-12-8-5-9-13-20/h4-13,16H,14-15H2,1-3H3,(H,23,26). The Balaban J connectivity index is 1.65. The third kappa shape index (κ3) is 4.02. The highest BCUT2D eigenvalue weighted by atomic mass is 16.1. The highest BCUT2D eigenvalue weighted by Crippen LogP contribution is 2.19. The van der Waals surface area contributed by atoms with E-state index in [1.165, 1.54) is 0 Å². The van der Waals surface area contributed by atoms with Gasteiger partial charge in [-0.15, -0.1) is 0 Å². The number of carbonyl (C=O) groups is 1. The fourth-order valence-corrected chi connectivity index (χ4v) is 3.23. The predicted molar refractivity (Wildman–Crippen MR) is 104 cm³/mol. The Hall–Kier alpha value is -2.88. The van der Waals surface area contributed by atoms with Crippen LogP contribution in [0.15, 0.2) is 60.7 Å². The van der Waals surface area contributed by atoms with Crippen molar-refractivity contribution in [2.45, 2.75) is 39.7 Å². The van der Waals surface area contributed by atoms with Gasteiger partial charge in [0.1, 0.15) is 0 Å². The third-order valence-electron chi connectivity index (χ3n) is 4.72. The van der Waals surface area contributed by atoms with E-state index in [4.69, 9.17) is 0 Å². The maximum atomic E-state index is 12.4. The van der Waals surface area contributed by atoms with Crippen LogP contribution >= 0.6 is 0 Å². The first-order valence-corrected chi connectivity index (χ1v) is 9.01. The van der Waals surface area contributed by atoms with Crippen molar-refractivity contribution in [2.24, 2.45) is 0 Å². The van der Waals surface area contributed by atoms with Crippen LogP contribution in [0.2, 0.25) is 0 Å². The summed E-state index contributed by atoms with van der Waals surface area (Å²) in [5.41, 5.74) is 5.39. The van der Waals surface area contributed by atoms with Gasteiger partial charge >= 0.3 is 0 Å². The number of rotatable bonds is 6. The Morgan fingerprint density at radius 2 is 1.65 bits per heavy atom. The average molecular weight is 347 g/mol. The minimum atomic E-state index is 0.0120. The molecule has 0 fully saturated rings. The summed E-state index contributed by atoms with van der Waals surface area (Å²) >= 11 is 0. The number of aryl methyl sites for hydroxylation is 1. The lowest BCUT2D eigenvalue weighted by Gasteiger charge is -2.14. The summed E-state index contributed by atoms with van der Waals surface area (Å²) in [5.74, 6) is 0.0626. The number of hydrogen-bond donors (Lipinski definition) is 1. The normalized spacial score (nSPS) is 12.0. The van der Waals surface area contributed by atoms with Gasteiger partial charge < -0.3 is 5.32 Å². The summed E-state index contributed by atoms with van der Waals surface area (Å²) in [7, 11) is 0. The fourth-order valence-electron chi connectivity index (χ4n) is 3.23. The molecule has 4 nitrogen and oxygen atoms in total. The molecule has 3 aromatic rings. The molecule has 0 bridgehead atoms. The van der Waals surface area contributed by atoms with Gasteiger partial charge in [-0.2, -0.15) is 5.10 Å². The van der Waals surface area contributed by atoms with Crippen LogP contribution in [-0.4, -0.2) is 15.7 Å². The van der Waals surface area contributed by atoms with Crippen LogP contribution < -0.4 is 5.32 Å². The SMILES string of the molecule is Cc1nn(-c2ccccc2)c(C)c1CCC(=O)NC(C)c1ccccc1. The smallest absolute Gasteiger partial charge is 0.220 e. The van der Waals surface area contributed by atoms with Gasteiger partial charge in [0.15, 0.2) is 0 Å². The first-order valence-electron chi connectivity index (χ1n) is 9.01. The van der Waals surface area contributed by atoms with Crippen molar-refractivity contribution in [2.75, 3.05) is 0 Å². The van der Waals surface area contributed by atoms with E-state index < -0.39 is 0 Å². The van der Waals surface area contributed by atoms with Crippen molar-refractivity contribution >= 4 is 5.91 Å². The van der Waals surface area contributed by atoms with E-state index in [9.17, 15) is 4.79 Å². The summed E-state index contributed by atoms with van der Waals surface area (Å²) in [6.45, 7) is 6.08. The Morgan fingerprint density at radius 1 is 1.04 bits per heavy atom. The molecule has 0 radical (unpaired) electrons. The summed E-state index contributed by atoms with van der Waals surface area (Å²) in [6.07, 6.45) is 1.15. The Morgan fingerprint density at radius 3 is 2.31 bits per heavy atom. The molecule has 134 valence electrons.